The van der Waals surface area contributed by atoms with Crippen LogP contribution in [0.1, 0.15) is 18.4 Å². The maximum atomic E-state index is 13.2. The number of hydrogen-bond donors (Lipinski definition) is 0. The molecule has 3 aromatic rings. The minimum atomic E-state index is -1.27. The van der Waals surface area contributed by atoms with E-state index in [0.29, 0.717) is 16.4 Å². The summed E-state index contributed by atoms with van der Waals surface area (Å²) in [6.45, 7) is 0. The van der Waals surface area contributed by atoms with Crippen LogP contribution in [0.2, 0.25) is 5.02 Å². The summed E-state index contributed by atoms with van der Waals surface area (Å²) in [7, 11) is 0. The van der Waals surface area contributed by atoms with Gasteiger partial charge >= 0.3 is 0 Å². The van der Waals surface area contributed by atoms with Gasteiger partial charge in [0.25, 0.3) is 5.91 Å². The normalized spacial score (nSPS) is 21.5. The van der Waals surface area contributed by atoms with Gasteiger partial charge in [0.05, 0.1) is 17.8 Å². The topological polar surface area (TPSA) is 59.0 Å². The second-order valence-electron chi connectivity index (χ2n) is 7.05. The van der Waals surface area contributed by atoms with Crippen LogP contribution in [0, 0.1) is 0 Å². The molecule has 2 amide bonds. The second kappa shape index (κ2) is 6.17. The summed E-state index contributed by atoms with van der Waals surface area (Å²) < 4.78 is 0. The maximum absolute atomic E-state index is 13.2. The van der Waals surface area contributed by atoms with E-state index in [4.69, 9.17) is 16.4 Å². The minimum Gasteiger partial charge on any atom is -0.378 e. The highest BCUT2D eigenvalue weighted by molar-refractivity contribution is 6.30. The molecule has 1 unspecified atom stereocenters. The Kier molecular flexibility index (Phi) is 3.74. The molecule has 6 heteroatoms. The summed E-state index contributed by atoms with van der Waals surface area (Å²) in [5, 5.41) is 6.74. The third-order valence-corrected chi connectivity index (χ3v) is 5.48. The monoisotopic (exact) mass is 390 g/mol. The fraction of sp³-hybridized carbons (Fsp3) is 0.136. The lowest BCUT2D eigenvalue weighted by Crippen LogP contribution is -2.40. The van der Waals surface area contributed by atoms with E-state index >= 15 is 0 Å². The molecule has 0 aromatic heterocycles. The fourth-order valence-electron chi connectivity index (χ4n) is 3.78. The number of fused-ring (bicyclic) bond motifs is 1. The van der Waals surface area contributed by atoms with Crippen molar-refractivity contribution in [2.75, 3.05) is 4.90 Å². The zero-order valence-electron chi connectivity index (χ0n) is 14.8. The van der Waals surface area contributed by atoms with Crippen LogP contribution in [0.4, 0.5) is 5.69 Å². The molecule has 0 radical (unpaired) electrons. The molecule has 0 saturated carbocycles. The molecule has 3 aromatic carbocycles. The Morgan fingerprint density at radius 2 is 1.68 bits per heavy atom. The van der Waals surface area contributed by atoms with E-state index in [2.05, 4.69) is 5.16 Å². The van der Waals surface area contributed by atoms with Crippen molar-refractivity contribution in [1.82, 2.24) is 0 Å². The van der Waals surface area contributed by atoms with Crippen molar-refractivity contribution in [2.24, 2.45) is 5.16 Å². The number of carbonyl (C=O) groups is 2. The van der Waals surface area contributed by atoms with Crippen molar-refractivity contribution in [3.05, 3.63) is 77.3 Å². The second-order valence-corrected chi connectivity index (χ2v) is 7.49. The Morgan fingerprint density at radius 3 is 2.46 bits per heavy atom. The number of benzene rings is 3. The molecule has 138 valence electrons. The van der Waals surface area contributed by atoms with Crippen LogP contribution < -0.4 is 4.90 Å². The van der Waals surface area contributed by atoms with Gasteiger partial charge in [0.2, 0.25) is 11.5 Å². The van der Waals surface area contributed by atoms with Gasteiger partial charge in [0.15, 0.2) is 0 Å². The van der Waals surface area contributed by atoms with E-state index < -0.39 is 5.60 Å². The van der Waals surface area contributed by atoms with Crippen LogP contribution in [0.5, 0.6) is 0 Å². The predicted octanol–water partition coefficient (Wildman–Crippen LogP) is 4.32. The highest BCUT2D eigenvalue weighted by Crippen LogP contribution is 2.39. The summed E-state index contributed by atoms with van der Waals surface area (Å²) in [5.74, 6) is -0.659. The average molecular weight is 391 g/mol. The molecule has 5 nitrogen and oxygen atoms in total. The van der Waals surface area contributed by atoms with E-state index in [1.165, 1.54) is 4.90 Å². The summed E-state index contributed by atoms with van der Waals surface area (Å²) in [6, 6.07) is 20.5. The number of rotatable bonds is 2. The Balaban J connectivity index is 1.45. The molecular weight excluding hydrogens is 376 g/mol. The molecular formula is C22H15ClN2O3. The fourth-order valence-corrected chi connectivity index (χ4v) is 3.90. The van der Waals surface area contributed by atoms with Gasteiger partial charge in [-0.25, -0.2) is 4.90 Å². The number of carbonyl (C=O) groups excluding carboxylic acids is 2. The van der Waals surface area contributed by atoms with Crippen molar-refractivity contribution in [1.29, 1.82) is 0 Å². The minimum absolute atomic E-state index is 0.0285. The quantitative estimate of drug-likeness (QED) is 0.612. The van der Waals surface area contributed by atoms with Gasteiger partial charge in [-0.2, -0.15) is 0 Å². The molecule has 2 aliphatic rings. The first kappa shape index (κ1) is 17.0. The summed E-state index contributed by atoms with van der Waals surface area (Å²) >= 11 is 5.93. The van der Waals surface area contributed by atoms with Crippen LogP contribution in [0.15, 0.2) is 71.9 Å². The van der Waals surface area contributed by atoms with Crippen LogP contribution in [0.3, 0.4) is 0 Å². The number of hydrogen-bond acceptors (Lipinski definition) is 4. The lowest BCUT2D eigenvalue weighted by atomic mass is 9.92. The largest absolute Gasteiger partial charge is 0.378 e. The zero-order chi connectivity index (χ0) is 19.3. The Morgan fingerprint density at radius 1 is 0.929 bits per heavy atom. The number of nitrogens with zero attached hydrogens (tertiary/aromatic N) is 2. The number of amides is 2. The smallest absolute Gasteiger partial charge is 0.281 e. The average Bonchev–Trinajstić information content (AvgIpc) is 3.23. The van der Waals surface area contributed by atoms with Crippen molar-refractivity contribution in [2.45, 2.75) is 18.4 Å². The van der Waals surface area contributed by atoms with Crippen molar-refractivity contribution < 1.29 is 14.4 Å². The van der Waals surface area contributed by atoms with Gasteiger partial charge < -0.3 is 4.84 Å². The third kappa shape index (κ3) is 2.59. The van der Waals surface area contributed by atoms with Crippen LogP contribution >= 0.6 is 11.6 Å². The van der Waals surface area contributed by atoms with E-state index in [1.54, 1.807) is 18.2 Å². The molecule has 2 aliphatic heterocycles. The number of halogens is 1. The lowest BCUT2D eigenvalue weighted by Gasteiger charge is -2.19. The molecule has 0 bridgehead atoms. The van der Waals surface area contributed by atoms with Crippen LogP contribution in [0.25, 0.3) is 10.8 Å². The first-order valence-electron chi connectivity index (χ1n) is 8.93. The van der Waals surface area contributed by atoms with Gasteiger partial charge in [0, 0.05) is 11.4 Å². The number of anilines is 1. The zero-order valence-corrected chi connectivity index (χ0v) is 15.5. The highest BCUT2D eigenvalue weighted by atomic mass is 35.5. The summed E-state index contributed by atoms with van der Waals surface area (Å²) in [6.07, 6.45) is 0.225. The molecule has 5 rings (SSSR count). The maximum Gasteiger partial charge on any atom is 0.281 e. The van der Waals surface area contributed by atoms with Gasteiger partial charge in [0.1, 0.15) is 0 Å². The Bertz CT molecular complexity index is 1160. The number of imide groups is 1. The molecule has 2 heterocycles. The van der Waals surface area contributed by atoms with E-state index in [9.17, 15) is 9.59 Å². The van der Waals surface area contributed by atoms with Crippen molar-refractivity contribution in [3.63, 3.8) is 0 Å². The van der Waals surface area contributed by atoms with Crippen molar-refractivity contribution in [3.8, 4) is 0 Å². The van der Waals surface area contributed by atoms with Gasteiger partial charge in [-0.3, -0.25) is 9.59 Å². The van der Waals surface area contributed by atoms with Crippen LogP contribution in [-0.4, -0.2) is 23.1 Å². The Labute approximate surface area is 166 Å². The third-order valence-electron chi connectivity index (χ3n) is 5.23. The van der Waals surface area contributed by atoms with E-state index in [1.807, 2.05) is 48.5 Å². The van der Waals surface area contributed by atoms with Gasteiger partial charge in [-0.05, 0) is 40.6 Å². The molecule has 0 aliphatic carbocycles. The first-order valence-corrected chi connectivity index (χ1v) is 9.31. The molecule has 1 atom stereocenters. The highest BCUT2D eigenvalue weighted by Gasteiger charge is 2.58. The first-order chi connectivity index (χ1) is 13.6. The van der Waals surface area contributed by atoms with E-state index in [-0.39, 0.29) is 24.7 Å². The molecule has 0 N–H and O–H groups in total. The standard InChI is InChI=1S/C22H15ClN2O3/c23-17-8-5-15(6-9-17)19-12-22(28-24-19)13-20(26)25(21(22)27)18-10-7-14-3-1-2-4-16(14)11-18/h1-11H,12-13H2. The SMILES string of the molecule is O=C1CC2(CC(c3ccc(Cl)cc3)=NO2)C(=O)N1c1ccc2ccccc2c1. The van der Waals surface area contributed by atoms with Gasteiger partial charge in [-0.1, -0.05) is 59.2 Å². The summed E-state index contributed by atoms with van der Waals surface area (Å²) in [4.78, 5) is 32.7. The van der Waals surface area contributed by atoms with Gasteiger partial charge in [-0.15, -0.1) is 0 Å². The van der Waals surface area contributed by atoms with Crippen LogP contribution in [-0.2, 0) is 14.4 Å². The van der Waals surface area contributed by atoms with E-state index in [0.717, 1.165) is 16.3 Å². The predicted molar refractivity (Wildman–Crippen MR) is 107 cm³/mol. The Hall–Kier alpha value is -3.18. The molecule has 1 saturated heterocycles. The van der Waals surface area contributed by atoms with Crippen molar-refractivity contribution >= 4 is 45.6 Å². The summed E-state index contributed by atoms with van der Waals surface area (Å²) in [5.41, 5.74) is 0.746. The molecule has 1 fully saturated rings. The number of oxime groups is 1. The molecule has 28 heavy (non-hydrogen) atoms. The lowest BCUT2D eigenvalue weighted by molar-refractivity contribution is -0.136. The molecule has 1 spiro atoms.